The van der Waals surface area contributed by atoms with Crippen LogP contribution in [0.25, 0.3) is 0 Å². The van der Waals surface area contributed by atoms with Crippen LogP contribution in [0.4, 0.5) is 22.7 Å². The molecule has 0 aromatic heterocycles. The summed E-state index contributed by atoms with van der Waals surface area (Å²) in [4.78, 5) is 0. The smallest absolute Gasteiger partial charge is 0.0790 e. The predicted molar refractivity (Wildman–Crippen MR) is 77.3 cm³/mol. The molecule has 4 nitrogen and oxygen atoms in total. The number of hydrogen-bond acceptors (Lipinski definition) is 4. The Hall–Kier alpha value is -1.58. The second kappa shape index (κ2) is 4.35. The molecule has 0 saturated carbocycles. The van der Waals surface area contributed by atoms with Crippen LogP contribution in [0.15, 0.2) is 0 Å². The van der Waals surface area contributed by atoms with Gasteiger partial charge in [-0.25, -0.2) is 0 Å². The highest BCUT2D eigenvalue weighted by atomic mass is 14.9. The molecule has 0 atom stereocenters. The molecule has 0 bridgehead atoms. The quantitative estimate of drug-likeness (QED) is 0.593. The first-order chi connectivity index (χ1) is 7.75. The minimum Gasteiger partial charge on any atom is -0.398 e. The lowest BCUT2D eigenvalue weighted by molar-refractivity contribution is 0.594. The molecule has 7 N–H and O–H groups in total. The first-order valence-electron chi connectivity index (χ1n) is 5.93. The summed E-state index contributed by atoms with van der Waals surface area (Å²) in [6, 6.07) is 0. The first-order valence-corrected chi connectivity index (χ1v) is 5.93. The van der Waals surface area contributed by atoms with Gasteiger partial charge in [-0.3, -0.25) is 0 Å². The number of hydrogen-bond donors (Lipinski definition) is 4. The van der Waals surface area contributed by atoms with E-state index in [9.17, 15) is 0 Å². The Labute approximate surface area is 104 Å². The molecular formula is C13H24N4. The van der Waals surface area contributed by atoms with Gasteiger partial charge in [0.05, 0.1) is 17.1 Å². The van der Waals surface area contributed by atoms with Crippen LogP contribution in [-0.4, -0.2) is 7.05 Å². The zero-order chi connectivity index (χ0) is 13.4. The number of anilines is 4. The summed E-state index contributed by atoms with van der Waals surface area (Å²) in [7, 11) is 1.83. The summed E-state index contributed by atoms with van der Waals surface area (Å²) < 4.78 is 0. The van der Waals surface area contributed by atoms with Crippen molar-refractivity contribution in [2.45, 2.75) is 39.5 Å². The SMILES string of the molecule is CCc1c(N)c(C(C)(C)C)c(N)c(N)c1NC. The van der Waals surface area contributed by atoms with Gasteiger partial charge in [0.25, 0.3) is 0 Å². The van der Waals surface area contributed by atoms with Gasteiger partial charge in [0, 0.05) is 23.9 Å². The Bertz CT molecular complexity index is 430. The molecular weight excluding hydrogens is 212 g/mol. The van der Waals surface area contributed by atoms with E-state index in [2.05, 4.69) is 33.0 Å². The van der Waals surface area contributed by atoms with E-state index < -0.39 is 0 Å². The Kier molecular flexibility index (Phi) is 3.45. The maximum atomic E-state index is 6.25. The molecule has 0 saturated heterocycles. The van der Waals surface area contributed by atoms with Crippen molar-refractivity contribution in [1.82, 2.24) is 0 Å². The Morgan fingerprint density at radius 2 is 1.53 bits per heavy atom. The van der Waals surface area contributed by atoms with Crippen LogP contribution in [0.1, 0.15) is 38.8 Å². The molecule has 0 aliphatic carbocycles. The van der Waals surface area contributed by atoms with Crippen LogP contribution in [-0.2, 0) is 11.8 Å². The summed E-state index contributed by atoms with van der Waals surface area (Å²) in [5.41, 5.74) is 23.2. The molecule has 0 spiro atoms. The van der Waals surface area contributed by atoms with E-state index in [0.29, 0.717) is 11.4 Å². The molecule has 0 aliphatic heterocycles. The van der Waals surface area contributed by atoms with Gasteiger partial charge < -0.3 is 22.5 Å². The second-order valence-corrected chi connectivity index (χ2v) is 5.32. The zero-order valence-electron chi connectivity index (χ0n) is 11.4. The maximum Gasteiger partial charge on any atom is 0.0790 e. The maximum absolute atomic E-state index is 6.25. The monoisotopic (exact) mass is 236 g/mol. The lowest BCUT2D eigenvalue weighted by Gasteiger charge is -2.28. The van der Waals surface area contributed by atoms with Crippen molar-refractivity contribution in [1.29, 1.82) is 0 Å². The fraction of sp³-hybridized carbons (Fsp3) is 0.538. The number of benzene rings is 1. The van der Waals surface area contributed by atoms with E-state index in [-0.39, 0.29) is 5.41 Å². The second-order valence-electron chi connectivity index (χ2n) is 5.32. The van der Waals surface area contributed by atoms with Crippen LogP contribution in [0.5, 0.6) is 0 Å². The first kappa shape index (κ1) is 13.5. The zero-order valence-corrected chi connectivity index (χ0v) is 11.4. The van der Waals surface area contributed by atoms with Crippen molar-refractivity contribution < 1.29 is 0 Å². The molecule has 4 heteroatoms. The van der Waals surface area contributed by atoms with E-state index >= 15 is 0 Å². The van der Waals surface area contributed by atoms with Crippen LogP contribution in [0.3, 0.4) is 0 Å². The minimum atomic E-state index is -0.113. The van der Waals surface area contributed by atoms with Crippen molar-refractivity contribution in [3.05, 3.63) is 11.1 Å². The molecule has 0 amide bonds. The highest BCUT2D eigenvalue weighted by molar-refractivity contribution is 5.90. The van der Waals surface area contributed by atoms with Gasteiger partial charge in [-0.15, -0.1) is 0 Å². The van der Waals surface area contributed by atoms with Crippen molar-refractivity contribution in [3.63, 3.8) is 0 Å². The highest BCUT2D eigenvalue weighted by Gasteiger charge is 2.25. The summed E-state index contributed by atoms with van der Waals surface area (Å²) >= 11 is 0. The van der Waals surface area contributed by atoms with Gasteiger partial charge >= 0.3 is 0 Å². The molecule has 0 aliphatic rings. The largest absolute Gasteiger partial charge is 0.398 e. The van der Waals surface area contributed by atoms with Gasteiger partial charge in [-0.2, -0.15) is 0 Å². The number of nitrogen functional groups attached to an aromatic ring is 3. The molecule has 0 heterocycles. The molecule has 1 rings (SSSR count). The number of rotatable bonds is 2. The standard InChI is InChI=1S/C13H24N4/c1-6-7-9(14)8(13(2,3)4)10(15)11(16)12(7)17-5/h17H,6,14-16H2,1-5H3. The van der Waals surface area contributed by atoms with Crippen molar-refractivity contribution in [2.24, 2.45) is 0 Å². The predicted octanol–water partition coefficient (Wildman–Crippen LogP) is 2.33. The Morgan fingerprint density at radius 1 is 1.00 bits per heavy atom. The molecule has 96 valence electrons. The average Bonchev–Trinajstić information content (AvgIpc) is 2.21. The lowest BCUT2D eigenvalue weighted by Crippen LogP contribution is -2.20. The Morgan fingerprint density at radius 3 is 1.88 bits per heavy atom. The van der Waals surface area contributed by atoms with E-state index in [1.54, 1.807) is 0 Å². The molecule has 1 aromatic carbocycles. The van der Waals surface area contributed by atoms with Gasteiger partial charge in [-0.1, -0.05) is 27.7 Å². The number of nitrogens with one attached hydrogen (secondary N) is 1. The van der Waals surface area contributed by atoms with E-state index in [1.165, 1.54) is 0 Å². The average molecular weight is 236 g/mol. The fourth-order valence-electron chi connectivity index (χ4n) is 2.32. The van der Waals surface area contributed by atoms with E-state index in [4.69, 9.17) is 17.2 Å². The summed E-state index contributed by atoms with van der Waals surface area (Å²) in [6.07, 6.45) is 0.829. The van der Waals surface area contributed by atoms with Crippen molar-refractivity contribution in [2.75, 3.05) is 29.6 Å². The third-order valence-corrected chi connectivity index (χ3v) is 3.08. The topological polar surface area (TPSA) is 90.1 Å². The van der Waals surface area contributed by atoms with Crippen LogP contribution >= 0.6 is 0 Å². The third-order valence-electron chi connectivity index (χ3n) is 3.08. The van der Waals surface area contributed by atoms with E-state index in [0.717, 1.165) is 28.9 Å². The van der Waals surface area contributed by atoms with Crippen molar-refractivity contribution in [3.8, 4) is 0 Å². The molecule has 17 heavy (non-hydrogen) atoms. The highest BCUT2D eigenvalue weighted by Crippen LogP contribution is 2.43. The number of nitrogens with two attached hydrogens (primary N) is 3. The van der Waals surface area contributed by atoms with Crippen LogP contribution in [0, 0.1) is 0 Å². The minimum absolute atomic E-state index is 0.113. The lowest BCUT2D eigenvalue weighted by atomic mass is 9.82. The fourth-order valence-corrected chi connectivity index (χ4v) is 2.32. The van der Waals surface area contributed by atoms with Crippen molar-refractivity contribution >= 4 is 22.7 Å². The normalized spacial score (nSPS) is 11.6. The Balaban J connectivity index is 3.71. The molecule has 0 fully saturated rings. The summed E-state index contributed by atoms with van der Waals surface area (Å²) in [5, 5.41) is 3.09. The molecule has 0 radical (unpaired) electrons. The van der Waals surface area contributed by atoms with Gasteiger partial charge in [-0.05, 0) is 11.8 Å². The summed E-state index contributed by atoms with van der Waals surface area (Å²) in [5.74, 6) is 0. The van der Waals surface area contributed by atoms with Gasteiger partial charge in [0.15, 0.2) is 0 Å². The van der Waals surface area contributed by atoms with E-state index in [1.807, 2.05) is 7.05 Å². The summed E-state index contributed by atoms with van der Waals surface area (Å²) in [6.45, 7) is 8.33. The van der Waals surface area contributed by atoms with Crippen LogP contribution < -0.4 is 22.5 Å². The molecule has 0 unspecified atom stereocenters. The molecule has 1 aromatic rings. The van der Waals surface area contributed by atoms with Gasteiger partial charge in [0.2, 0.25) is 0 Å². The van der Waals surface area contributed by atoms with Gasteiger partial charge in [0.1, 0.15) is 0 Å². The third kappa shape index (κ3) is 2.12. The van der Waals surface area contributed by atoms with Crippen LogP contribution in [0.2, 0.25) is 0 Å².